The van der Waals surface area contributed by atoms with Crippen molar-refractivity contribution in [3.8, 4) is 0 Å². The summed E-state index contributed by atoms with van der Waals surface area (Å²) in [6.45, 7) is 2.82. The summed E-state index contributed by atoms with van der Waals surface area (Å²) in [6, 6.07) is 0. The molecule has 98 valence electrons. The number of hydrogen-bond donors (Lipinski definition) is 0. The zero-order valence-corrected chi connectivity index (χ0v) is 12.4. The minimum Gasteiger partial charge on any atom is -0.333 e. The molecule has 0 radical (unpaired) electrons. The quantitative estimate of drug-likeness (QED) is 0.573. The highest BCUT2D eigenvalue weighted by Gasteiger charge is 2.17. The second-order valence-corrected chi connectivity index (χ2v) is 7.22. The lowest BCUT2D eigenvalue weighted by Crippen LogP contribution is -2.03. The minimum atomic E-state index is -3.72. The molecule has 0 atom stereocenters. The van der Waals surface area contributed by atoms with Gasteiger partial charge in [0.15, 0.2) is 5.03 Å². The van der Waals surface area contributed by atoms with Gasteiger partial charge in [-0.25, -0.2) is 13.4 Å². The maximum Gasteiger partial charge on any atom is 0.280 e. The lowest BCUT2D eigenvalue weighted by molar-refractivity contribution is 0.606. The van der Waals surface area contributed by atoms with E-state index in [0.717, 1.165) is 37.4 Å². The largest absolute Gasteiger partial charge is 0.333 e. The maximum atomic E-state index is 11.2. The Kier molecular flexibility index (Phi) is 5.82. The van der Waals surface area contributed by atoms with E-state index in [9.17, 15) is 8.42 Å². The van der Waals surface area contributed by atoms with E-state index in [4.69, 9.17) is 10.7 Å². The van der Waals surface area contributed by atoms with Crippen molar-refractivity contribution in [2.45, 2.75) is 37.8 Å². The Morgan fingerprint density at radius 3 is 2.76 bits per heavy atom. The summed E-state index contributed by atoms with van der Waals surface area (Å²) in [5.41, 5.74) is 0. The van der Waals surface area contributed by atoms with E-state index >= 15 is 0 Å². The molecule has 1 rings (SSSR count). The number of hydrogen-bond acceptors (Lipinski definition) is 4. The van der Waals surface area contributed by atoms with Crippen LogP contribution < -0.4 is 0 Å². The average Bonchev–Trinajstić information content (AvgIpc) is 2.62. The molecule has 1 heterocycles. The zero-order chi connectivity index (χ0) is 12.9. The molecule has 0 amide bonds. The van der Waals surface area contributed by atoms with Crippen LogP contribution in [0.1, 0.15) is 25.6 Å². The molecule has 1 aromatic rings. The van der Waals surface area contributed by atoms with Crippen molar-refractivity contribution in [2.24, 2.45) is 0 Å². The third kappa shape index (κ3) is 4.52. The Morgan fingerprint density at radius 2 is 2.24 bits per heavy atom. The Morgan fingerprint density at radius 1 is 1.53 bits per heavy atom. The lowest BCUT2D eigenvalue weighted by Gasteiger charge is -2.05. The van der Waals surface area contributed by atoms with Crippen molar-refractivity contribution in [3.63, 3.8) is 0 Å². The van der Waals surface area contributed by atoms with Crippen molar-refractivity contribution in [2.75, 3.05) is 12.0 Å². The van der Waals surface area contributed by atoms with E-state index < -0.39 is 9.05 Å². The zero-order valence-electron chi connectivity index (χ0n) is 10.0. The summed E-state index contributed by atoms with van der Waals surface area (Å²) < 4.78 is 24.3. The van der Waals surface area contributed by atoms with E-state index in [0.29, 0.717) is 0 Å². The van der Waals surface area contributed by atoms with Crippen LogP contribution >= 0.6 is 22.4 Å². The molecule has 0 saturated heterocycles. The number of aromatic nitrogens is 2. The first-order chi connectivity index (χ1) is 7.99. The molecule has 0 bridgehead atoms. The summed E-state index contributed by atoms with van der Waals surface area (Å²) in [5.74, 6) is 1.85. The van der Waals surface area contributed by atoms with Gasteiger partial charge in [-0.1, -0.05) is 6.92 Å². The van der Waals surface area contributed by atoms with Crippen LogP contribution in [0.15, 0.2) is 11.2 Å². The van der Waals surface area contributed by atoms with E-state index in [2.05, 4.69) is 11.2 Å². The maximum absolute atomic E-state index is 11.2. The monoisotopic (exact) mass is 296 g/mol. The van der Waals surface area contributed by atoms with Crippen LogP contribution in [-0.2, 0) is 22.0 Å². The van der Waals surface area contributed by atoms with Gasteiger partial charge < -0.3 is 4.57 Å². The van der Waals surface area contributed by atoms with E-state index in [1.165, 1.54) is 6.20 Å². The van der Waals surface area contributed by atoms with Crippen molar-refractivity contribution in [3.05, 3.63) is 12.0 Å². The number of rotatable bonds is 7. The van der Waals surface area contributed by atoms with Crippen LogP contribution in [0.3, 0.4) is 0 Å². The number of aryl methyl sites for hydroxylation is 2. The highest BCUT2D eigenvalue weighted by atomic mass is 35.7. The van der Waals surface area contributed by atoms with Crippen molar-refractivity contribution in [1.82, 2.24) is 9.55 Å². The van der Waals surface area contributed by atoms with Crippen LogP contribution in [0.2, 0.25) is 0 Å². The second-order valence-electron chi connectivity index (χ2n) is 3.72. The molecule has 0 aromatic carbocycles. The molecule has 0 aliphatic heterocycles. The standard InChI is InChI=1S/C10H17ClN2O2S2/c1-3-5-9-12-10(17(11,14)15)8-13(9)6-4-7-16-2/h8H,3-7H2,1-2H3. The minimum absolute atomic E-state index is 0.0354. The first-order valence-corrected chi connectivity index (χ1v) is 9.19. The van der Waals surface area contributed by atoms with Gasteiger partial charge in [0.25, 0.3) is 9.05 Å². The predicted octanol–water partition coefficient (Wildman–Crippen LogP) is 2.52. The SMILES string of the molecule is CCCc1nc(S(=O)(=O)Cl)cn1CCCSC. The molecular formula is C10H17ClN2O2S2. The number of thioether (sulfide) groups is 1. The second kappa shape index (κ2) is 6.66. The third-order valence-electron chi connectivity index (χ3n) is 2.31. The fourth-order valence-corrected chi connectivity index (χ4v) is 2.65. The molecule has 0 aliphatic rings. The van der Waals surface area contributed by atoms with Crippen LogP contribution in [0.5, 0.6) is 0 Å². The van der Waals surface area contributed by atoms with Gasteiger partial charge in [0, 0.05) is 29.8 Å². The summed E-state index contributed by atoms with van der Waals surface area (Å²) in [4.78, 5) is 4.09. The normalized spacial score (nSPS) is 11.9. The number of nitrogens with zero attached hydrogens (tertiary/aromatic N) is 2. The Bertz CT molecular complexity index is 457. The lowest BCUT2D eigenvalue weighted by atomic mass is 10.3. The van der Waals surface area contributed by atoms with Gasteiger partial charge in [-0.2, -0.15) is 11.8 Å². The molecule has 0 spiro atoms. The van der Waals surface area contributed by atoms with Gasteiger partial charge in [0.1, 0.15) is 5.82 Å². The van der Waals surface area contributed by atoms with Gasteiger partial charge in [0.2, 0.25) is 0 Å². The highest BCUT2D eigenvalue weighted by Crippen LogP contribution is 2.16. The van der Waals surface area contributed by atoms with Gasteiger partial charge in [0.05, 0.1) is 0 Å². The fourth-order valence-electron chi connectivity index (χ4n) is 1.54. The molecule has 0 saturated carbocycles. The molecular weight excluding hydrogens is 280 g/mol. The number of imidazole rings is 1. The van der Waals surface area contributed by atoms with E-state index in [1.54, 1.807) is 11.8 Å². The molecule has 17 heavy (non-hydrogen) atoms. The Balaban J connectivity index is 2.89. The van der Waals surface area contributed by atoms with E-state index in [1.807, 2.05) is 11.5 Å². The smallest absolute Gasteiger partial charge is 0.280 e. The summed E-state index contributed by atoms with van der Waals surface area (Å²) >= 11 is 1.77. The van der Waals surface area contributed by atoms with Crippen molar-refractivity contribution in [1.29, 1.82) is 0 Å². The van der Waals surface area contributed by atoms with Crippen molar-refractivity contribution < 1.29 is 8.42 Å². The van der Waals surface area contributed by atoms with Gasteiger partial charge in [-0.05, 0) is 24.9 Å². The number of halogens is 1. The highest BCUT2D eigenvalue weighted by molar-refractivity contribution is 8.13. The summed E-state index contributed by atoms with van der Waals surface area (Å²) in [6.07, 6.45) is 6.28. The molecule has 4 nitrogen and oxygen atoms in total. The first-order valence-electron chi connectivity index (χ1n) is 5.48. The van der Waals surface area contributed by atoms with Crippen LogP contribution in [0.25, 0.3) is 0 Å². The van der Waals surface area contributed by atoms with Gasteiger partial charge >= 0.3 is 0 Å². The molecule has 0 fully saturated rings. The van der Waals surface area contributed by atoms with Gasteiger partial charge in [-0.3, -0.25) is 0 Å². The van der Waals surface area contributed by atoms with Gasteiger partial charge in [-0.15, -0.1) is 0 Å². The summed E-state index contributed by atoms with van der Waals surface area (Å²) in [7, 11) is 1.58. The first kappa shape index (κ1) is 14.9. The van der Waals surface area contributed by atoms with E-state index in [-0.39, 0.29) is 5.03 Å². The molecule has 0 aliphatic carbocycles. The van der Waals surface area contributed by atoms with Crippen LogP contribution in [0, 0.1) is 0 Å². The molecule has 1 aromatic heterocycles. The third-order valence-corrected chi connectivity index (χ3v) is 4.18. The topological polar surface area (TPSA) is 52.0 Å². The fraction of sp³-hybridized carbons (Fsp3) is 0.700. The van der Waals surface area contributed by atoms with Crippen molar-refractivity contribution >= 4 is 31.5 Å². The average molecular weight is 297 g/mol. The molecule has 7 heteroatoms. The molecule has 0 unspecified atom stereocenters. The van der Waals surface area contributed by atoms with Crippen LogP contribution in [0.4, 0.5) is 0 Å². The Hall–Kier alpha value is -0.200. The van der Waals surface area contributed by atoms with Crippen LogP contribution in [-0.4, -0.2) is 30.0 Å². The molecule has 0 N–H and O–H groups in total. The Labute approximate surface area is 111 Å². The summed E-state index contributed by atoms with van der Waals surface area (Å²) in [5, 5.41) is -0.0354. The predicted molar refractivity (Wildman–Crippen MR) is 72.3 cm³/mol.